The number of hydrogen-bond acceptors (Lipinski definition) is 3. The van der Waals surface area contributed by atoms with Crippen LogP contribution in [0.4, 0.5) is 0 Å². The van der Waals surface area contributed by atoms with Crippen molar-refractivity contribution in [1.82, 2.24) is 9.97 Å². The van der Waals surface area contributed by atoms with E-state index in [9.17, 15) is 4.79 Å². The highest BCUT2D eigenvalue weighted by molar-refractivity contribution is 6.33. The maximum absolute atomic E-state index is 11.1. The Kier molecular flexibility index (Phi) is 2.70. The summed E-state index contributed by atoms with van der Waals surface area (Å²) in [7, 11) is 0. The van der Waals surface area contributed by atoms with Crippen molar-refractivity contribution < 1.29 is 4.79 Å². The lowest BCUT2D eigenvalue weighted by Gasteiger charge is -2.06. The minimum atomic E-state index is 0.0960. The zero-order valence-electron chi connectivity index (χ0n) is 7.33. The summed E-state index contributed by atoms with van der Waals surface area (Å²) in [4.78, 5) is 19.2. The molecule has 14 heavy (non-hydrogen) atoms. The molecule has 0 aromatic carbocycles. The number of carbonyl (C=O) groups is 1. The third-order valence-electron chi connectivity index (χ3n) is 2.29. The quantitative estimate of drug-likeness (QED) is 0.697. The number of halogens is 2. The molecule has 0 saturated heterocycles. The monoisotopic (exact) mass is 230 g/mol. The van der Waals surface area contributed by atoms with Gasteiger partial charge in [-0.25, -0.2) is 9.97 Å². The molecule has 1 aromatic rings. The molecule has 1 heterocycles. The van der Waals surface area contributed by atoms with Crippen LogP contribution in [0.25, 0.3) is 0 Å². The van der Waals surface area contributed by atoms with Crippen LogP contribution in [0.1, 0.15) is 31.0 Å². The lowest BCUT2D eigenvalue weighted by Crippen LogP contribution is -2.01. The van der Waals surface area contributed by atoms with Gasteiger partial charge < -0.3 is 0 Å². The molecule has 1 aliphatic rings. The van der Waals surface area contributed by atoms with Crippen LogP contribution in [0.3, 0.4) is 0 Å². The molecule has 0 spiro atoms. The first-order chi connectivity index (χ1) is 6.65. The predicted molar refractivity (Wildman–Crippen MR) is 53.7 cm³/mol. The molecule has 1 aliphatic carbocycles. The summed E-state index contributed by atoms with van der Waals surface area (Å²) in [6.45, 7) is 0. The molecule has 2 rings (SSSR count). The predicted octanol–water partition coefficient (Wildman–Crippen LogP) is 2.62. The van der Waals surface area contributed by atoms with Crippen molar-refractivity contribution in [3.8, 4) is 0 Å². The molecule has 1 saturated carbocycles. The van der Waals surface area contributed by atoms with E-state index in [4.69, 9.17) is 23.2 Å². The number of hydrogen-bond donors (Lipinski definition) is 0. The number of rotatable bonds is 1. The summed E-state index contributed by atoms with van der Waals surface area (Å²) < 4.78 is 0. The first-order valence-electron chi connectivity index (χ1n) is 4.37. The van der Waals surface area contributed by atoms with Crippen molar-refractivity contribution in [2.24, 2.45) is 0 Å². The van der Waals surface area contributed by atoms with E-state index in [1.807, 2.05) is 0 Å². The number of ketones is 1. The van der Waals surface area contributed by atoms with Gasteiger partial charge in [0.1, 0.15) is 21.9 Å². The van der Waals surface area contributed by atoms with E-state index in [0.717, 1.165) is 6.42 Å². The summed E-state index contributed by atoms with van der Waals surface area (Å²) in [5.74, 6) is 0.946. The molecule has 1 unspecified atom stereocenters. The maximum atomic E-state index is 11.1. The minimum Gasteiger partial charge on any atom is -0.300 e. The van der Waals surface area contributed by atoms with E-state index in [0.29, 0.717) is 29.0 Å². The van der Waals surface area contributed by atoms with E-state index >= 15 is 0 Å². The fraction of sp³-hybridized carbons (Fsp3) is 0.444. The second kappa shape index (κ2) is 3.83. The van der Waals surface area contributed by atoms with Gasteiger partial charge in [-0.1, -0.05) is 23.2 Å². The van der Waals surface area contributed by atoms with Crippen molar-refractivity contribution >= 4 is 29.0 Å². The second-order valence-electron chi connectivity index (χ2n) is 3.35. The maximum Gasteiger partial charge on any atom is 0.135 e. The minimum absolute atomic E-state index is 0.0960. The van der Waals surface area contributed by atoms with Crippen LogP contribution in [0.5, 0.6) is 0 Å². The summed E-state index contributed by atoms with van der Waals surface area (Å²) >= 11 is 11.5. The molecule has 1 fully saturated rings. The van der Waals surface area contributed by atoms with Crippen molar-refractivity contribution in [2.45, 2.75) is 25.2 Å². The second-order valence-corrected chi connectivity index (χ2v) is 4.12. The lowest BCUT2D eigenvalue weighted by molar-refractivity contribution is -0.117. The summed E-state index contributed by atoms with van der Waals surface area (Å²) in [5, 5.41) is 0.665. The van der Waals surface area contributed by atoms with E-state index in [-0.39, 0.29) is 11.7 Å². The van der Waals surface area contributed by atoms with Crippen LogP contribution in [0.15, 0.2) is 6.07 Å². The Morgan fingerprint density at radius 3 is 2.43 bits per heavy atom. The average Bonchev–Trinajstić information content (AvgIpc) is 2.50. The number of Topliss-reactive ketones (excluding diaryl/α,β-unsaturated/α-hetero) is 1. The van der Waals surface area contributed by atoms with Gasteiger partial charge in [0.05, 0.1) is 0 Å². The number of aromatic nitrogens is 2. The van der Waals surface area contributed by atoms with E-state index in [2.05, 4.69) is 9.97 Å². The Hall–Kier alpha value is -0.670. The number of carbonyl (C=O) groups excluding carboxylic acids is 1. The first-order valence-corrected chi connectivity index (χ1v) is 5.12. The van der Waals surface area contributed by atoms with E-state index in [1.165, 1.54) is 6.07 Å². The zero-order chi connectivity index (χ0) is 10.1. The van der Waals surface area contributed by atoms with E-state index < -0.39 is 0 Å². The smallest absolute Gasteiger partial charge is 0.135 e. The van der Waals surface area contributed by atoms with Crippen molar-refractivity contribution in [1.29, 1.82) is 0 Å². The molecule has 0 N–H and O–H groups in total. The fourth-order valence-corrected chi connectivity index (χ4v) is 2.06. The molecule has 1 aromatic heterocycles. The highest BCUT2D eigenvalue weighted by Crippen LogP contribution is 2.30. The molecular formula is C9H8Cl2N2O. The van der Waals surface area contributed by atoms with Crippen LogP contribution in [-0.4, -0.2) is 15.8 Å². The van der Waals surface area contributed by atoms with Gasteiger partial charge in [0.25, 0.3) is 0 Å². The van der Waals surface area contributed by atoms with Crippen molar-refractivity contribution in [2.75, 3.05) is 0 Å². The van der Waals surface area contributed by atoms with Gasteiger partial charge in [0.15, 0.2) is 0 Å². The van der Waals surface area contributed by atoms with Crippen LogP contribution in [0, 0.1) is 0 Å². The molecule has 5 heteroatoms. The first kappa shape index (κ1) is 9.87. The fourth-order valence-electron chi connectivity index (χ4n) is 1.62. The van der Waals surface area contributed by atoms with Gasteiger partial charge in [0.2, 0.25) is 0 Å². The van der Waals surface area contributed by atoms with Crippen molar-refractivity contribution in [3.05, 3.63) is 22.2 Å². The van der Waals surface area contributed by atoms with E-state index in [1.54, 1.807) is 0 Å². The molecule has 3 nitrogen and oxygen atoms in total. The Bertz CT molecular complexity index is 361. The molecule has 0 amide bonds. The Balaban J connectivity index is 2.27. The Labute approximate surface area is 91.5 Å². The Morgan fingerprint density at radius 2 is 1.93 bits per heavy atom. The van der Waals surface area contributed by atoms with Crippen LogP contribution < -0.4 is 0 Å². The van der Waals surface area contributed by atoms with Gasteiger partial charge in [-0.15, -0.1) is 0 Å². The van der Waals surface area contributed by atoms with Crippen LogP contribution in [-0.2, 0) is 4.79 Å². The summed E-state index contributed by atoms with van der Waals surface area (Å²) in [6, 6.07) is 1.49. The molecule has 0 aliphatic heterocycles. The molecule has 0 bridgehead atoms. The third kappa shape index (κ3) is 2.04. The molecule has 74 valence electrons. The van der Waals surface area contributed by atoms with Gasteiger partial charge >= 0.3 is 0 Å². The molecular weight excluding hydrogens is 223 g/mol. The lowest BCUT2D eigenvalue weighted by atomic mass is 10.1. The molecule has 0 radical (unpaired) electrons. The van der Waals surface area contributed by atoms with Gasteiger partial charge in [-0.05, 0) is 6.42 Å². The van der Waals surface area contributed by atoms with Crippen LogP contribution >= 0.6 is 23.2 Å². The van der Waals surface area contributed by atoms with Crippen LogP contribution in [0.2, 0.25) is 10.3 Å². The highest BCUT2D eigenvalue weighted by Gasteiger charge is 2.26. The van der Waals surface area contributed by atoms with Gasteiger partial charge in [0, 0.05) is 24.8 Å². The van der Waals surface area contributed by atoms with Gasteiger partial charge in [-0.2, -0.15) is 0 Å². The summed E-state index contributed by atoms with van der Waals surface area (Å²) in [5.41, 5.74) is 0. The van der Waals surface area contributed by atoms with Crippen molar-refractivity contribution in [3.63, 3.8) is 0 Å². The topological polar surface area (TPSA) is 42.9 Å². The summed E-state index contributed by atoms with van der Waals surface area (Å²) in [6.07, 6.45) is 1.92. The largest absolute Gasteiger partial charge is 0.300 e. The standard InChI is InChI=1S/C9H8Cl2N2O/c10-7-4-8(11)13-9(12-7)5-1-2-6(14)3-5/h4-5H,1-3H2. The van der Waals surface area contributed by atoms with Gasteiger partial charge in [-0.3, -0.25) is 4.79 Å². The SMILES string of the molecule is O=C1CCC(c2nc(Cl)cc(Cl)n2)C1. The third-order valence-corrected chi connectivity index (χ3v) is 2.68. The zero-order valence-corrected chi connectivity index (χ0v) is 8.85. The number of nitrogens with zero attached hydrogens (tertiary/aromatic N) is 2. The molecule has 1 atom stereocenters. The highest BCUT2D eigenvalue weighted by atomic mass is 35.5. The normalized spacial score (nSPS) is 21.6. The average molecular weight is 231 g/mol. The Morgan fingerprint density at radius 1 is 1.29 bits per heavy atom.